The molecule has 0 aromatic heterocycles. The monoisotopic (exact) mass is 394 g/mol. The number of nitrogens with zero attached hydrogens (tertiary/aromatic N) is 3. The third-order valence-electron chi connectivity index (χ3n) is 5.13. The van der Waals surface area contributed by atoms with Crippen LogP contribution in [-0.4, -0.2) is 91.5 Å². The van der Waals surface area contributed by atoms with Gasteiger partial charge >= 0.3 is 6.03 Å². The number of amides is 2. The Balaban J connectivity index is 1.88. The van der Waals surface area contributed by atoms with Crippen molar-refractivity contribution in [1.82, 2.24) is 14.7 Å². The summed E-state index contributed by atoms with van der Waals surface area (Å²) in [5.41, 5.74) is 6.44. The van der Waals surface area contributed by atoms with Gasteiger partial charge in [0.2, 0.25) is 0 Å². The number of piperazine rings is 1. The van der Waals surface area contributed by atoms with Crippen molar-refractivity contribution in [3.63, 3.8) is 0 Å². The van der Waals surface area contributed by atoms with Gasteiger partial charge in [0, 0.05) is 45.3 Å². The van der Waals surface area contributed by atoms with Crippen LogP contribution in [-0.2, 0) is 6.54 Å². The van der Waals surface area contributed by atoms with E-state index in [4.69, 9.17) is 15.2 Å². The fourth-order valence-electron chi connectivity index (χ4n) is 3.10. The number of hydrogen-bond donors (Lipinski definition) is 2. The third-order valence-corrected chi connectivity index (χ3v) is 5.13. The zero-order valence-corrected chi connectivity index (χ0v) is 17.4. The van der Waals surface area contributed by atoms with Crippen LogP contribution in [0.5, 0.6) is 11.5 Å². The normalized spacial score (nSPS) is 16.5. The largest absolute Gasteiger partial charge is 0.493 e. The van der Waals surface area contributed by atoms with E-state index in [9.17, 15) is 9.90 Å². The van der Waals surface area contributed by atoms with E-state index in [1.54, 1.807) is 12.0 Å². The lowest BCUT2D eigenvalue weighted by molar-refractivity contribution is 0.0668. The first-order chi connectivity index (χ1) is 13.3. The summed E-state index contributed by atoms with van der Waals surface area (Å²) in [6.07, 6.45) is -0.571. The molecule has 0 saturated carbocycles. The van der Waals surface area contributed by atoms with Gasteiger partial charge in [0.25, 0.3) is 0 Å². The fraction of sp³-hybridized carbons (Fsp3) is 0.650. The lowest BCUT2D eigenvalue weighted by atomic mass is 10.1. The molecular formula is C20H34N4O4. The van der Waals surface area contributed by atoms with Crippen LogP contribution in [0.1, 0.15) is 19.4 Å². The predicted molar refractivity (Wildman–Crippen MR) is 109 cm³/mol. The molecule has 1 fully saturated rings. The first-order valence-electron chi connectivity index (χ1n) is 9.75. The van der Waals surface area contributed by atoms with Gasteiger partial charge in [-0.3, -0.25) is 4.90 Å². The van der Waals surface area contributed by atoms with E-state index in [-0.39, 0.29) is 12.6 Å². The minimum atomic E-state index is -0.571. The van der Waals surface area contributed by atoms with Gasteiger partial charge in [-0.2, -0.15) is 0 Å². The minimum absolute atomic E-state index is 0.210. The SMILES string of the molecule is COc1cc(CN2CCN(C(N)=O)CC2)ccc1OCC(O)CN(C)C(C)C. The number of carbonyl (C=O) groups excluding carboxylic acids is 1. The Kier molecular flexibility index (Phi) is 8.35. The molecule has 28 heavy (non-hydrogen) atoms. The molecule has 8 heteroatoms. The number of aliphatic hydroxyl groups is 1. The van der Waals surface area contributed by atoms with Gasteiger partial charge in [-0.15, -0.1) is 0 Å². The summed E-state index contributed by atoms with van der Waals surface area (Å²) in [7, 11) is 3.59. The highest BCUT2D eigenvalue weighted by Gasteiger charge is 2.20. The minimum Gasteiger partial charge on any atom is -0.493 e. The van der Waals surface area contributed by atoms with Crippen molar-refractivity contribution in [3.05, 3.63) is 23.8 Å². The number of ether oxygens (including phenoxy) is 2. The van der Waals surface area contributed by atoms with Crippen molar-refractivity contribution in [2.45, 2.75) is 32.5 Å². The van der Waals surface area contributed by atoms with Crippen molar-refractivity contribution in [2.24, 2.45) is 5.73 Å². The number of primary amides is 1. The van der Waals surface area contributed by atoms with Crippen LogP contribution >= 0.6 is 0 Å². The maximum Gasteiger partial charge on any atom is 0.314 e. The van der Waals surface area contributed by atoms with Crippen LogP contribution in [0, 0.1) is 0 Å². The Hall–Kier alpha value is -2.03. The van der Waals surface area contributed by atoms with Crippen LogP contribution in [0.25, 0.3) is 0 Å². The summed E-state index contributed by atoms with van der Waals surface area (Å²) in [6, 6.07) is 5.86. The van der Waals surface area contributed by atoms with E-state index in [1.807, 2.05) is 25.2 Å². The zero-order valence-electron chi connectivity index (χ0n) is 17.4. The highest BCUT2D eigenvalue weighted by atomic mass is 16.5. The molecule has 0 spiro atoms. The van der Waals surface area contributed by atoms with Gasteiger partial charge in [0.15, 0.2) is 11.5 Å². The predicted octanol–water partition coefficient (Wildman–Crippen LogP) is 0.971. The molecule has 1 saturated heterocycles. The number of carbonyl (C=O) groups is 1. The number of rotatable bonds is 9. The number of likely N-dealkylation sites (N-methyl/N-ethyl adjacent to an activating group) is 1. The fourth-order valence-corrected chi connectivity index (χ4v) is 3.10. The smallest absolute Gasteiger partial charge is 0.314 e. The standard InChI is InChI=1S/C20H34N4O4/c1-15(2)22(3)13-17(25)14-28-18-6-5-16(11-19(18)27-4)12-23-7-9-24(10-8-23)20(21)26/h5-6,11,15,17,25H,7-10,12-14H2,1-4H3,(H2,21,26). The van der Waals surface area contributed by atoms with Crippen molar-refractivity contribution < 1.29 is 19.4 Å². The molecular weight excluding hydrogens is 360 g/mol. The first kappa shape index (κ1) is 22.3. The summed E-state index contributed by atoms with van der Waals surface area (Å²) in [6.45, 7) is 8.58. The van der Waals surface area contributed by atoms with Crippen LogP contribution in [0.4, 0.5) is 4.79 Å². The molecule has 1 aromatic carbocycles. The Morgan fingerprint density at radius 1 is 1.25 bits per heavy atom. The van der Waals surface area contributed by atoms with E-state index in [0.29, 0.717) is 37.2 Å². The van der Waals surface area contributed by atoms with E-state index >= 15 is 0 Å². The molecule has 1 atom stereocenters. The molecule has 8 nitrogen and oxygen atoms in total. The van der Waals surface area contributed by atoms with Gasteiger partial charge in [0.05, 0.1) is 7.11 Å². The Labute approximate surface area is 167 Å². The molecule has 1 aliphatic heterocycles. The number of nitrogens with two attached hydrogens (primary N) is 1. The van der Waals surface area contributed by atoms with Crippen molar-refractivity contribution >= 4 is 6.03 Å². The van der Waals surface area contributed by atoms with Gasteiger partial charge in [-0.25, -0.2) is 4.79 Å². The molecule has 0 radical (unpaired) electrons. The van der Waals surface area contributed by atoms with Crippen molar-refractivity contribution in [1.29, 1.82) is 0 Å². The Bertz CT molecular complexity index is 633. The maximum atomic E-state index is 11.2. The van der Waals surface area contributed by atoms with Gasteiger partial charge in [-0.1, -0.05) is 6.07 Å². The van der Waals surface area contributed by atoms with E-state index in [0.717, 1.165) is 25.2 Å². The summed E-state index contributed by atoms with van der Waals surface area (Å²) in [5, 5.41) is 10.2. The molecule has 1 heterocycles. The second-order valence-corrected chi connectivity index (χ2v) is 7.58. The average Bonchev–Trinajstić information content (AvgIpc) is 2.67. The highest BCUT2D eigenvalue weighted by Crippen LogP contribution is 2.29. The third kappa shape index (κ3) is 6.54. The molecule has 2 rings (SSSR count). The molecule has 1 unspecified atom stereocenters. The van der Waals surface area contributed by atoms with E-state index in [2.05, 4.69) is 23.6 Å². The molecule has 2 amide bonds. The Morgan fingerprint density at radius 2 is 1.93 bits per heavy atom. The second-order valence-electron chi connectivity index (χ2n) is 7.58. The number of urea groups is 1. The van der Waals surface area contributed by atoms with Crippen LogP contribution in [0.15, 0.2) is 18.2 Å². The Morgan fingerprint density at radius 3 is 2.50 bits per heavy atom. The molecule has 1 aromatic rings. The molecule has 158 valence electrons. The molecule has 3 N–H and O–H groups in total. The topological polar surface area (TPSA) is 91.5 Å². The highest BCUT2D eigenvalue weighted by molar-refractivity contribution is 5.72. The summed E-state index contributed by atoms with van der Waals surface area (Å²) < 4.78 is 11.3. The maximum absolute atomic E-state index is 11.2. The van der Waals surface area contributed by atoms with E-state index in [1.165, 1.54) is 0 Å². The lowest BCUT2D eigenvalue weighted by Crippen LogP contribution is -2.50. The summed E-state index contributed by atoms with van der Waals surface area (Å²) in [4.78, 5) is 17.2. The molecule has 0 bridgehead atoms. The van der Waals surface area contributed by atoms with Crippen LogP contribution < -0.4 is 15.2 Å². The van der Waals surface area contributed by atoms with Crippen molar-refractivity contribution in [2.75, 3.05) is 53.5 Å². The van der Waals surface area contributed by atoms with Crippen LogP contribution in [0.3, 0.4) is 0 Å². The van der Waals surface area contributed by atoms with Crippen LogP contribution in [0.2, 0.25) is 0 Å². The van der Waals surface area contributed by atoms with Gasteiger partial charge in [0.1, 0.15) is 12.7 Å². The lowest BCUT2D eigenvalue weighted by Gasteiger charge is -2.33. The summed E-state index contributed by atoms with van der Waals surface area (Å²) >= 11 is 0. The first-order valence-corrected chi connectivity index (χ1v) is 9.75. The average molecular weight is 395 g/mol. The van der Waals surface area contributed by atoms with E-state index < -0.39 is 6.10 Å². The van der Waals surface area contributed by atoms with Crippen molar-refractivity contribution in [3.8, 4) is 11.5 Å². The quantitative estimate of drug-likeness (QED) is 0.649. The molecule has 0 aliphatic carbocycles. The van der Waals surface area contributed by atoms with Gasteiger partial charge < -0.3 is 30.1 Å². The second kappa shape index (κ2) is 10.5. The molecule has 1 aliphatic rings. The number of benzene rings is 1. The number of aliphatic hydroxyl groups excluding tert-OH is 1. The zero-order chi connectivity index (χ0) is 20.7. The van der Waals surface area contributed by atoms with Gasteiger partial charge in [-0.05, 0) is 38.6 Å². The number of hydrogen-bond acceptors (Lipinski definition) is 6. The number of methoxy groups -OCH3 is 1. The summed E-state index contributed by atoms with van der Waals surface area (Å²) in [5.74, 6) is 1.27.